The molecule has 0 aliphatic carbocycles. The molecule has 2 fully saturated rings. The number of anilines is 4. The minimum atomic E-state index is -0.444. The van der Waals surface area contributed by atoms with Gasteiger partial charge in [-0.3, -0.25) is 9.59 Å². The molecule has 2 saturated heterocycles. The summed E-state index contributed by atoms with van der Waals surface area (Å²) in [6, 6.07) is 23.4. The number of benzene rings is 2. The topological polar surface area (TPSA) is 109 Å². The number of amides is 1. The molecule has 2 aliphatic heterocycles. The third kappa shape index (κ3) is 4.26. The average Bonchev–Trinajstić information content (AvgIpc) is 3.49. The van der Waals surface area contributed by atoms with Crippen LogP contribution in [0.15, 0.2) is 85.2 Å². The highest BCUT2D eigenvalue weighted by molar-refractivity contribution is 6.05. The number of carbonyl (C=O) groups is 2. The quantitative estimate of drug-likeness (QED) is 0.421. The molecule has 2 aliphatic rings. The van der Waals surface area contributed by atoms with Gasteiger partial charge in [0.05, 0.1) is 23.1 Å². The molecule has 9 heteroatoms. The molecule has 2 aromatic carbocycles. The van der Waals surface area contributed by atoms with Crippen molar-refractivity contribution in [1.82, 2.24) is 14.8 Å². The first-order chi connectivity index (χ1) is 18.5. The van der Waals surface area contributed by atoms with Crippen LogP contribution in [0.5, 0.6) is 0 Å². The summed E-state index contributed by atoms with van der Waals surface area (Å²) in [5.41, 5.74) is 8.38. The first-order valence-corrected chi connectivity index (χ1v) is 12.8. The number of hydrogen-bond donors (Lipinski definition) is 2. The number of pyridine rings is 1. The molecule has 0 radical (unpaired) electrons. The molecule has 0 atom stereocenters. The van der Waals surface area contributed by atoms with E-state index < -0.39 is 5.54 Å². The molecule has 38 heavy (non-hydrogen) atoms. The van der Waals surface area contributed by atoms with Crippen molar-refractivity contribution in [3.63, 3.8) is 0 Å². The summed E-state index contributed by atoms with van der Waals surface area (Å²) in [4.78, 5) is 34.9. The number of carbonyl (C=O) groups excluding carboxylic acids is 2. The molecular weight excluding hydrogens is 478 g/mol. The lowest BCUT2D eigenvalue weighted by Crippen LogP contribution is -2.56. The number of rotatable bonds is 5. The van der Waals surface area contributed by atoms with Gasteiger partial charge < -0.3 is 20.9 Å². The zero-order valence-corrected chi connectivity index (χ0v) is 21.0. The minimum absolute atomic E-state index is 0.299. The Bertz CT molecular complexity index is 1440. The number of para-hydroxylation sites is 2. The van der Waals surface area contributed by atoms with Gasteiger partial charge in [-0.1, -0.05) is 36.4 Å². The van der Waals surface area contributed by atoms with E-state index in [-0.39, 0.29) is 5.91 Å². The fourth-order valence-corrected chi connectivity index (χ4v) is 5.53. The number of nitrogen functional groups attached to an aromatic ring is 1. The Morgan fingerprint density at radius 1 is 0.895 bits per heavy atom. The van der Waals surface area contributed by atoms with Gasteiger partial charge in [-0.05, 0) is 49.2 Å². The monoisotopic (exact) mass is 507 g/mol. The number of aromatic nitrogens is 3. The van der Waals surface area contributed by atoms with E-state index in [4.69, 9.17) is 5.73 Å². The van der Waals surface area contributed by atoms with Crippen LogP contribution in [0, 0.1) is 0 Å². The Kier molecular flexibility index (Phi) is 6.03. The van der Waals surface area contributed by atoms with E-state index in [2.05, 4.69) is 37.3 Å². The molecule has 0 bridgehead atoms. The van der Waals surface area contributed by atoms with Gasteiger partial charge in [0.25, 0.3) is 5.91 Å². The lowest BCUT2D eigenvalue weighted by molar-refractivity contribution is -0.122. The molecule has 0 saturated carbocycles. The maximum absolute atomic E-state index is 13.0. The van der Waals surface area contributed by atoms with Crippen molar-refractivity contribution >= 4 is 34.7 Å². The van der Waals surface area contributed by atoms with Gasteiger partial charge in [0.2, 0.25) is 0 Å². The third-order valence-corrected chi connectivity index (χ3v) is 7.59. The maximum atomic E-state index is 13.0. The number of ketones is 1. The van der Waals surface area contributed by atoms with Crippen molar-refractivity contribution in [2.24, 2.45) is 0 Å². The average molecular weight is 508 g/mol. The molecule has 192 valence electrons. The highest BCUT2D eigenvalue weighted by Crippen LogP contribution is 2.39. The van der Waals surface area contributed by atoms with Crippen LogP contribution in [0.25, 0.3) is 5.69 Å². The summed E-state index contributed by atoms with van der Waals surface area (Å²) in [6.45, 7) is 2.21. The lowest BCUT2D eigenvalue weighted by atomic mass is 9.83. The van der Waals surface area contributed by atoms with Crippen molar-refractivity contribution in [3.8, 4) is 5.69 Å². The maximum Gasteiger partial charge on any atom is 0.258 e. The zero-order chi connectivity index (χ0) is 26.1. The molecule has 0 unspecified atom stereocenters. The van der Waals surface area contributed by atoms with Crippen LogP contribution in [0.1, 0.15) is 29.6 Å². The van der Waals surface area contributed by atoms with E-state index in [1.807, 2.05) is 54.6 Å². The van der Waals surface area contributed by atoms with Crippen LogP contribution in [0.2, 0.25) is 0 Å². The van der Waals surface area contributed by atoms with Gasteiger partial charge in [-0.25, -0.2) is 9.67 Å². The largest absolute Gasteiger partial charge is 0.394 e. The number of Topliss-reactive ketones (excluding diaryl/α,β-unsaturated/α-hetero) is 1. The molecule has 3 N–H and O–H groups in total. The van der Waals surface area contributed by atoms with E-state index in [1.165, 1.54) is 0 Å². The molecular formula is C29H29N7O2. The summed E-state index contributed by atoms with van der Waals surface area (Å²) in [5.74, 6) is 1.09. The van der Waals surface area contributed by atoms with E-state index in [1.54, 1.807) is 23.1 Å². The standard InChI is InChI=1S/C29H29N7O2/c30-24-20-36(23-9-5-2-6-10-23)33-27(24)32-28(38)21-11-12-26(31-19-21)34-17-14-29(15-18-34)25(37)13-16-35(29)22-7-3-1-4-8-22/h1-12,19-20H,13-18,30H2,(H,32,33,38). The Balaban J connectivity index is 1.11. The van der Waals surface area contributed by atoms with Gasteiger partial charge >= 0.3 is 0 Å². The molecule has 9 nitrogen and oxygen atoms in total. The number of nitrogens with two attached hydrogens (primary N) is 1. The summed E-state index contributed by atoms with van der Waals surface area (Å²) < 4.78 is 1.63. The van der Waals surface area contributed by atoms with Crippen molar-refractivity contribution < 1.29 is 9.59 Å². The molecule has 4 aromatic rings. The first-order valence-electron chi connectivity index (χ1n) is 12.8. The highest BCUT2D eigenvalue weighted by atomic mass is 16.2. The van der Waals surface area contributed by atoms with Crippen molar-refractivity contribution in [2.45, 2.75) is 24.8 Å². The van der Waals surface area contributed by atoms with Crippen molar-refractivity contribution in [1.29, 1.82) is 0 Å². The molecule has 6 rings (SSSR count). The molecule has 1 amide bonds. The number of hydrogen-bond acceptors (Lipinski definition) is 7. The van der Waals surface area contributed by atoms with Crippen molar-refractivity contribution in [3.05, 3.63) is 90.8 Å². The van der Waals surface area contributed by atoms with Crippen LogP contribution in [-0.4, -0.2) is 51.6 Å². The predicted octanol–water partition coefficient (Wildman–Crippen LogP) is 3.92. The molecule has 1 spiro atoms. The fourth-order valence-electron chi connectivity index (χ4n) is 5.53. The van der Waals surface area contributed by atoms with Gasteiger partial charge in [-0.2, -0.15) is 0 Å². The van der Waals surface area contributed by atoms with E-state index >= 15 is 0 Å². The van der Waals surface area contributed by atoms with Gasteiger partial charge in [0.15, 0.2) is 11.6 Å². The van der Waals surface area contributed by atoms with Crippen molar-refractivity contribution in [2.75, 3.05) is 40.5 Å². The second-order valence-corrected chi connectivity index (χ2v) is 9.75. The van der Waals surface area contributed by atoms with Crippen LogP contribution >= 0.6 is 0 Å². The third-order valence-electron chi connectivity index (χ3n) is 7.59. The van der Waals surface area contributed by atoms with Crippen LogP contribution in [0.4, 0.5) is 23.0 Å². The Morgan fingerprint density at radius 2 is 1.58 bits per heavy atom. The first kappa shape index (κ1) is 23.7. The second kappa shape index (κ2) is 9.66. The lowest BCUT2D eigenvalue weighted by Gasteiger charge is -2.45. The minimum Gasteiger partial charge on any atom is -0.394 e. The van der Waals surface area contributed by atoms with E-state index in [0.717, 1.165) is 49.7 Å². The van der Waals surface area contributed by atoms with Gasteiger partial charge in [0.1, 0.15) is 11.4 Å². The Hall–Kier alpha value is -4.66. The number of nitrogens with zero attached hydrogens (tertiary/aromatic N) is 5. The van der Waals surface area contributed by atoms with E-state index in [0.29, 0.717) is 29.3 Å². The number of piperidine rings is 1. The van der Waals surface area contributed by atoms with Crippen LogP contribution in [-0.2, 0) is 4.79 Å². The normalized spacial score (nSPS) is 16.7. The zero-order valence-electron chi connectivity index (χ0n) is 21.0. The summed E-state index contributed by atoms with van der Waals surface area (Å²) >= 11 is 0. The van der Waals surface area contributed by atoms with Crippen LogP contribution in [0.3, 0.4) is 0 Å². The predicted molar refractivity (Wildman–Crippen MR) is 148 cm³/mol. The second-order valence-electron chi connectivity index (χ2n) is 9.75. The van der Waals surface area contributed by atoms with E-state index in [9.17, 15) is 9.59 Å². The van der Waals surface area contributed by atoms with Gasteiger partial charge in [0, 0.05) is 37.9 Å². The SMILES string of the molecule is Nc1cn(-c2ccccc2)nc1NC(=O)c1ccc(N2CCC3(CC2)C(=O)CCN3c2ccccc2)nc1. The number of nitrogens with one attached hydrogen (secondary N) is 1. The van der Waals surface area contributed by atoms with Crippen LogP contribution < -0.4 is 20.9 Å². The highest BCUT2D eigenvalue weighted by Gasteiger charge is 2.49. The fraction of sp³-hybridized carbons (Fsp3) is 0.241. The van der Waals surface area contributed by atoms with Gasteiger partial charge in [-0.15, -0.1) is 5.10 Å². The summed E-state index contributed by atoms with van der Waals surface area (Å²) in [7, 11) is 0. The smallest absolute Gasteiger partial charge is 0.258 e. The summed E-state index contributed by atoms with van der Waals surface area (Å²) in [5, 5.41) is 7.19. The Morgan fingerprint density at radius 3 is 2.24 bits per heavy atom. The summed E-state index contributed by atoms with van der Waals surface area (Å²) in [6.07, 6.45) is 5.31. The molecule has 2 aromatic heterocycles. The Labute approximate surface area is 220 Å². The molecule has 4 heterocycles.